The molecule has 3 aromatic rings. The van der Waals surface area contributed by atoms with E-state index in [0.717, 1.165) is 0 Å². The fraction of sp³-hybridized carbons (Fsp3) is 0.190. The van der Waals surface area contributed by atoms with E-state index in [1.165, 1.54) is 35.0 Å². The maximum absolute atomic E-state index is 13.0. The number of halogens is 1. The first-order valence-corrected chi connectivity index (χ1v) is 9.29. The van der Waals surface area contributed by atoms with Crippen LogP contribution in [0.5, 0.6) is 0 Å². The van der Waals surface area contributed by atoms with Gasteiger partial charge in [-0.15, -0.1) is 0 Å². The van der Waals surface area contributed by atoms with Crippen LogP contribution in [-0.4, -0.2) is 32.9 Å². The van der Waals surface area contributed by atoms with E-state index < -0.39 is 18.0 Å². The number of aromatic nitrogens is 2. The van der Waals surface area contributed by atoms with Crippen LogP contribution in [0.4, 0.5) is 14.9 Å². The number of aliphatic hydroxyl groups is 1. The van der Waals surface area contributed by atoms with E-state index in [0.29, 0.717) is 16.9 Å². The molecule has 156 valence electrons. The highest BCUT2D eigenvalue weighted by Crippen LogP contribution is 2.19. The normalized spacial score (nSPS) is 12.8. The molecular weight excluding hydrogens is 389 g/mol. The molecule has 0 fully saturated rings. The average molecular weight is 411 g/mol. The summed E-state index contributed by atoms with van der Waals surface area (Å²) >= 11 is 0. The summed E-state index contributed by atoms with van der Waals surface area (Å²) in [6, 6.07) is 13.2. The summed E-state index contributed by atoms with van der Waals surface area (Å²) in [6.07, 6.45) is 1.03. The summed E-state index contributed by atoms with van der Waals surface area (Å²) in [6.45, 7) is 1.76. The molecule has 0 aliphatic rings. The largest absolute Gasteiger partial charge is 0.388 e. The highest BCUT2D eigenvalue weighted by atomic mass is 19.1. The van der Waals surface area contributed by atoms with Crippen LogP contribution in [0.1, 0.15) is 35.5 Å². The molecule has 9 heteroatoms. The van der Waals surface area contributed by atoms with Gasteiger partial charge in [-0.05, 0) is 55.3 Å². The van der Waals surface area contributed by atoms with Gasteiger partial charge in [-0.25, -0.2) is 13.9 Å². The molecule has 0 spiro atoms. The molecule has 0 radical (unpaired) electrons. The van der Waals surface area contributed by atoms with Crippen LogP contribution in [0.2, 0.25) is 0 Å². The molecule has 3 rings (SSSR count). The quantitative estimate of drug-likeness (QED) is 0.477. The van der Waals surface area contributed by atoms with Gasteiger partial charge in [0, 0.05) is 17.9 Å². The number of amides is 3. The number of nitrogens with zero attached hydrogens (tertiary/aromatic N) is 2. The monoisotopic (exact) mass is 411 g/mol. The standard InChI is InChI=1S/C21H22FN5O3/c1-13(11-19(28)14-5-7-15(22)8-6-14)24-21(30)25-16-3-2-4-17(12-16)27-10-9-18(26-27)20(23)29/h2-10,12-13,19,28H,11H2,1H3,(H2,23,29)(H2,24,25,30). The summed E-state index contributed by atoms with van der Waals surface area (Å²) in [7, 11) is 0. The molecule has 2 unspecified atom stereocenters. The molecule has 2 aromatic carbocycles. The van der Waals surface area contributed by atoms with Gasteiger partial charge in [-0.2, -0.15) is 5.10 Å². The van der Waals surface area contributed by atoms with Gasteiger partial charge in [0.1, 0.15) is 11.5 Å². The van der Waals surface area contributed by atoms with Crippen LogP contribution in [0, 0.1) is 5.82 Å². The number of carbonyl (C=O) groups is 2. The zero-order valence-electron chi connectivity index (χ0n) is 16.2. The Morgan fingerprint density at radius 3 is 2.60 bits per heavy atom. The molecule has 30 heavy (non-hydrogen) atoms. The molecule has 0 saturated heterocycles. The second-order valence-electron chi connectivity index (χ2n) is 6.86. The molecule has 0 aliphatic heterocycles. The van der Waals surface area contributed by atoms with E-state index in [1.54, 1.807) is 37.4 Å². The Labute approximate surface area is 172 Å². The van der Waals surface area contributed by atoms with Crippen molar-refractivity contribution in [2.24, 2.45) is 5.73 Å². The van der Waals surface area contributed by atoms with Crippen LogP contribution in [0.25, 0.3) is 5.69 Å². The van der Waals surface area contributed by atoms with Gasteiger partial charge in [0.2, 0.25) is 0 Å². The van der Waals surface area contributed by atoms with Gasteiger partial charge >= 0.3 is 6.03 Å². The van der Waals surface area contributed by atoms with Crippen molar-refractivity contribution in [3.05, 3.63) is 77.9 Å². The van der Waals surface area contributed by atoms with Gasteiger partial charge in [0.05, 0.1) is 11.8 Å². The van der Waals surface area contributed by atoms with Gasteiger partial charge in [-0.3, -0.25) is 4.79 Å². The molecule has 1 heterocycles. The minimum atomic E-state index is -0.830. The second-order valence-corrected chi connectivity index (χ2v) is 6.86. The van der Waals surface area contributed by atoms with Crippen molar-refractivity contribution in [2.75, 3.05) is 5.32 Å². The smallest absolute Gasteiger partial charge is 0.319 e. The zero-order chi connectivity index (χ0) is 21.7. The lowest BCUT2D eigenvalue weighted by Crippen LogP contribution is -2.37. The number of anilines is 1. The van der Waals surface area contributed by atoms with Crippen molar-refractivity contribution in [1.82, 2.24) is 15.1 Å². The summed E-state index contributed by atoms with van der Waals surface area (Å²) in [5, 5.41) is 19.8. The number of carbonyl (C=O) groups excluding carboxylic acids is 2. The Balaban J connectivity index is 1.57. The van der Waals surface area contributed by atoms with Crippen molar-refractivity contribution in [3.63, 3.8) is 0 Å². The third-order valence-electron chi connectivity index (χ3n) is 4.42. The van der Waals surface area contributed by atoms with Gasteiger partial charge in [0.15, 0.2) is 0 Å². The van der Waals surface area contributed by atoms with E-state index in [2.05, 4.69) is 15.7 Å². The zero-order valence-corrected chi connectivity index (χ0v) is 16.2. The Morgan fingerprint density at radius 2 is 1.93 bits per heavy atom. The average Bonchev–Trinajstić information content (AvgIpc) is 3.19. The third-order valence-corrected chi connectivity index (χ3v) is 4.42. The predicted octanol–water partition coefficient (Wildman–Crippen LogP) is 2.74. The van der Waals surface area contributed by atoms with Crippen LogP contribution in [0.3, 0.4) is 0 Å². The van der Waals surface area contributed by atoms with Crippen molar-refractivity contribution < 1.29 is 19.1 Å². The fourth-order valence-corrected chi connectivity index (χ4v) is 2.93. The number of urea groups is 1. The number of hydrogen-bond donors (Lipinski definition) is 4. The van der Waals surface area contributed by atoms with E-state index in [4.69, 9.17) is 5.73 Å². The Kier molecular flexibility index (Phi) is 6.43. The highest BCUT2D eigenvalue weighted by Gasteiger charge is 2.15. The maximum Gasteiger partial charge on any atom is 0.319 e. The molecule has 0 saturated carbocycles. The SMILES string of the molecule is CC(CC(O)c1ccc(F)cc1)NC(=O)Nc1cccc(-n2ccc(C(N)=O)n2)c1. The van der Waals surface area contributed by atoms with Crippen LogP contribution >= 0.6 is 0 Å². The number of primary amides is 1. The molecular formula is C21H22FN5O3. The van der Waals surface area contributed by atoms with Gasteiger partial charge < -0.3 is 21.5 Å². The van der Waals surface area contributed by atoms with E-state index in [-0.39, 0.29) is 24.0 Å². The number of benzene rings is 2. The topological polar surface area (TPSA) is 122 Å². The van der Waals surface area contributed by atoms with Crippen molar-refractivity contribution >= 4 is 17.6 Å². The fourth-order valence-electron chi connectivity index (χ4n) is 2.93. The Morgan fingerprint density at radius 1 is 1.20 bits per heavy atom. The van der Waals surface area contributed by atoms with Crippen LogP contribution in [-0.2, 0) is 0 Å². The maximum atomic E-state index is 13.0. The first kappa shape index (κ1) is 21.0. The molecule has 1 aromatic heterocycles. The molecule has 5 N–H and O–H groups in total. The number of aliphatic hydroxyl groups excluding tert-OH is 1. The second kappa shape index (κ2) is 9.19. The molecule has 8 nitrogen and oxygen atoms in total. The number of hydrogen-bond acceptors (Lipinski definition) is 4. The Hall–Kier alpha value is -3.72. The number of nitrogens with two attached hydrogens (primary N) is 1. The lowest BCUT2D eigenvalue weighted by molar-refractivity contribution is 0.0995. The van der Waals surface area contributed by atoms with Gasteiger partial charge in [0.25, 0.3) is 5.91 Å². The summed E-state index contributed by atoms with van der Waals surface area (Å²) < 4.78 is 14.5. The lowest BCUT2D eigenvalue weighted by Gasteiger charge is -2.18. The molecule has 2 atom stereocenters. The van der Waals surface area contributed by atoms with Crippen molar-refractivity contribution in [1.29, 1.82) is 0 Å². The van der Waals surface area contributed by atoms with E-state index >= 15 is 0 Å². The minimum Gasteiger partial charge on any atom is -0.388 e. The van der Waals surface area contributed by atoms with Gasteiger partial charge in [-0.1, -0.05) is 18.2 Å². The molecule has 3 amide bonds. The first-order valence-electron chi connectivity index (χ1n) is 9.29. The third kappa shape index (κ3) is 5.42. The Bertz CT molecular complexity index is 1040. The summed E-state index contributed by atoms with van der Waals surface area (Å²) in [5.41, 5.74) is 7.09. The highest BCUT2D eigenvalue weighted by molar-refractivity contribution is 5.91. The predicted molar refractivity (Wildman–Crippen MR) is 110 cm³/mol. The first-order chi connectivity index (χ1) is 14.3. The summed E-state index contributed by atoms with van der Waals surface area (Å²) in [4.78, 5) is 23.5. The van der Waals surface area contributed by atoms with E-state index in [1.807, 2.05) is 0 Å². The van der Waals surface area contributed by atoms with Crippen molar-refractivity contribution in [2.45, 2.75) is 25.5 Å². The molecule has 0 aliphatic carbocycles. The number of nitrogens with one attached hydrogen (secondary N) is 2. The minimum absolute atomic E-state index is 0.139. The number of rotatable bonds is 7. The molecule has 0 bridgehead atoms. The lowest BCUT2D eigenvalue weighted by atomic mass is 10.0. The van der Waals surface area contributed by atoms with Crippen LogP contribution in [0.15, 0.2) is 60.8 Å². The van der Waals surface area contributed by atoms with E-state index in [9.17, 15) is 19.1 Å². The summed E-state index contributed by atoms with van der Waals surface area (Å²) in [5.74, 6) is -1.00. The van der Waals surface area contributed by atoms with Crippen LogP contribution < -0.4 is 16.4 Å². The van der Waals surface area contributed by atoms with Crippen molar-refractivity contribution in [3.8, 4) is 5.69 Å².